The molecule has 0 aliphatic carbocycles. The maximum absolute atomic E-state index is 10.2. The van der Waals surface area contributed by atoms with E-state index in [1.165, 1.54) is 0 Å². The summed E-state index contributed by atoms with van der Waals surface area (Å²) in [6.45, 7) is 5.46. The summed E-state index contributed by atoms with van der Waals surface area (Å²) in [5.41, 5.74) is 1.16. The van der Waals surface area contributed by atoms with Gasteiger partial charge in [0, 0.05) is 44.3 Å². The predicted octanol–water partition coefficient (Wildman–Crippen LogP) is 4.20. The van der Waals surface area contributed by atoms with Crippen molar-refractivity contribution in [3.63, 3.8) is 0 Å². The van der Waals surface area contributed by atoms with E-state index in [-0.39, 0.29) is 6.61 Å². The lowest BCUT2D eigenvalue weighted by molar-refractivity contribution is 0.0446. The topological polar surface area (TPSA) is 35.9 Å². The van der Waals surface area contributed by atoms with Crippen LogP contribution in [-0.2, 0) is 6.54 Å². The monoisotopic (exact) mass is 428 g/mol. The van der Waals surface area contributed by atoms with Gasteiger partial charge < -0.3 is 9.84 Å². The minimum atomic E-state index is -0.526. The fraction of sp³-hybridized carbons (Fsp3) is 0.400. The van der Waals surface area contributed by atoms with E-state index >= 15 is 0 Å². The van der Waals surface area contributed by atoms with E-state index in [0.717, 1.165) is 38.3 Å². The number of aliphatic hydroxyl groups is 1. The molecule has 0 amide bonds. The van der Waals surface area contributed by atoms with Crippen LogP contribution in [0, 0.1) is 0 Å². The van der Waals surface area contributed by atoms with E-state index in [9.17, 15) is 5.11 Å². The lowest BCUT2D eigenvalue weighted by Crippen LogP contribution is -2.48. The molecule has 1 heterocycles. The molecular weight excluding hydrogens is 407 g/mol. The summed E-state index contributed by atoms with van der Waals surface area (Å²) in [5.74, 6) is 0.713. The molecule has 0 spiro atoms. The van der Waals surface area contributed by atoms with Crippen LogP contribution in [0.25, 0.3) is 0 Å². The molecule has 4 nitrogen and oxygen atoms in total. The quantitative estimate of drug-likeness (QED) is 0.715. The Kier molecular flexibility index (Phi) is 7.65. The van der Waals surface area contributed by atoms with Crippen LogP contribution in [0.1, 0.15) is 5.56 Å². The van der Waals surface area contributed by atoms with Gasteiger partial charge in [0.25, 0.3) is 0 Å². The number of halogens is 3. The van der Waals surface area contributed by atoms with Crippen LogP contribution < -0.4 is 4.74 Å². The van der Waals surface area contributed by atoms with Gasteiger partial charge in [0.1, 0.15) is 18.5 Å². The molecule has 146 valence electrons. The molecule has 1 aliphatic rings. The number of piperazine rings is 1. The number of β-amino-alcohol motifs (C(OH)–C–C–N with tert-alkyl or cyclic N) is 1. The SMILES string of the molecule is O[C@H](COc1ccc(Cl)cc1)CN1CCN(Cc2ccc(Cl)c(Cl)c2)CC1. The number of aliphatic hydroxyl groups excluding tert-OH is 1. The molecule has 0 aromatic heterocycles. The molecule has 7 heteroatoms. The number of benzene rings is 2. The normalized spacial score (nSPS) is 17.0. The smallest absolute Gasteiger partial charge is 0.119 e. The number of hydrogen-bond donors (Lipinski definition) is 1. The lowest BCUT2D eigenvalue weighted by atomic mass is 10.2. The molecular formula is C20H23Cl3N2O2. The molecule has 2 aromatic carbocycles. The Morgan fingerprint density at radius 2 is 1.56 bits per heavy atom. The van der Waals surface area contributed by atoms with E-state index in [1.54, 1.807) is 24.3 Å². The Morgan fingerprint density at radius 3 is 2.22 bits per heavy atom. The second kappa shape index (κ2) is 9.97. The molecule has 27 heavy (non-hydrogen) atoms. The molecule has 0 saturated carbocycles. The Bertz CT molecular complexity index is 735. The van der Waals surface area contributed by atoms with Gasteiger partial charge >= 0.3 is 0 Å². The maximum Gasteiger partial charge on any atom is 0.119 e. The predicted molar refractivity (Wildman–Crippen MR) is 111 cm³/mol. The average Bonchev–Trinajstić information content (AvgIpc) is 2.66. The van der Waals surface area contributed by atoms with E-state index < -0.39 is 6.10 Å². The average molecular weight is 430 g/mol. The second-order valence-corrected chi connectivity index (χ2v) is 7.99. The van der Waals surface area contributed by atoms with Gasteiger partial charge in [-0.25, -0.2) is 0 Å². The summed E-state index contributed by atoms with van der Waals surface area (Å²) >= 11 is 17.9. The summed E-state index contributed by atoms with van der Waals surface area (Å²) in [7, 11) is 0. The Balaban J connectivity index is 1.38. The Hall–Kier alpha value is -1.01. The van der Waals surface area contributed by atoms with Gasteiger partial charge in [-0.05, 0) is 42.0 Å². The molecule has 2 aromatic rings. The fourth-order valence-electron chi connectivity index (χ4n) is 3.10. The highest BCUT2D eigenvalue weighted by Gasteiger charge is 2.19. The number of nitrogens with zero attached hydrogens (tertiary/aromatic N) is 2. The number of ether oxygens (including phenoxy) is 1. The first-order valence-corrected chi connectivity index (χ1v) is 10.1. The zero-order valence-electron chi connectivity index (χ0n) is 15.0. The van der Waals surface area contributed by atoms with Gasteiger partial charge in [0.05, 0.1) is 10.0 Å². The standard InChI is InChI=1S/C20H23Cl3N2O2/c21-16-2-4-18(5-3-16)27-14-17(26)13-25-9-7-24(8-10-25)12-15-1-6-19(22)20(23)11-15/h1-6,11,17,26H,7-10,12-14H2/t17-/m0/s1. The van der Waals surface area contributed by atoms with Crippen LogP contribution in [0.2, 0.25) is 15.1 Å². The summed E-state index contributed by atoms with van der Waals surface area (Å²) in [6.07, 6.45) is -0.526. The highest BCUT2D eigenvalue weighted by Crippen LogP contribution is 2.23. The van der Waals surface area contributed by atoms with E-state index in [2.05, 4.69) is 9.80 Å². The molecule has 1 fully saturated rings. The summed E-state index contributed by atoms with van der Waals surface area (Å²) < 4.78 is 5.62. The molecule has 0 bridgehead atoms. The highest BCUT2D eigenvalue weighted by atomic mass is 35.5. The maximum atomic E-state index is 10.2. The fourth-order valence-corrected chi connectivity index (χ4v) is 3.55. The highest BCUT2D eigenvalue weighted by molar-refractivity contribution is 6.42. The van der Waals surface area contributed by atoms with Crippen molar-refractivity contribution in [2.24, 2.45) is 0 Å². The molecule has 1 aliphatic heterocycles. The molecule has 1 N–H and O–H groups in total. The summed E-state index contributed by atoms with van der Waals surface area (Å²) in [5, 5.41) is 12.1. The largest absolute Gasteiger partial charge is 0.491 e. The van der Waals surface area contributed by atoms with Crippen molar-refractivity contribution in [1.29, 1.82) is 0 Å². The van der Waals surface area contributed by atoms with Gasteiger partial charge in [0.15, 0.2) is 0 Å². The minimum absolute atomic E-state index is 0.269. The number of rotatable bonds is 7. The second-order valence-electron chi connectivity index (χ2n) is 6.74. The van der Waals surface area contributed by atoms with Crippen LogP contribution in [0.4, 0.5) is 0 Å². The molecule has 1 saturated heterocycles. The first kappa shape index (κ1) is 20.7. The van der Waals surface area contributed by atoms with Crippen LogP contribution in [-0.4, -0.2) is 60.3 Å². The van der Waals surface area contributed by atoms with Crippen molar-refractivity contribution in [2.75, 3.05) is 39.3 Å². The molecule has 1 atom stereocenters. The van der Waals surface area contributed by atoms with Crippen molar-refractivity contribution in [3.05, 3.63) is 63.1 Å². The third-order valence-corrected chi connectivity index (χ3v) is 5.57. The van der Waals surface area contributed by atoms with Gasteiger partial charge in [-0.2, -0.15) is 0 Å². The van der Waals surface area contributed by atoms with Crippen LogP contribution >= 0.6 is 34.8 Å². The van der Waals surface area contributed by atoms with Crippen molar-refractivity contribution < 1.29 is 9.84 Å². The first-order chi connectivity index (χ1) is 13.0. The third-order valence-electron chi connectivity index (χ3n) is 4.58. The summed E-state index contributed by atoms with van der Waals surface area (Å²) in [6, 6.07) is 12.9. The van der Waals surface area contributed by atoms with E-state index in [1.807, 2.05) is 18.2 Å². The van der Waals surface area contributed by atoms with E-state index in [4.69, 9.17) is 39.5 Å². The van der Waals surface area contributed by atoms with E-state index in [0.29, 0.717) is 27.4 Å². The number of hydrogen-bond acceptors (Lipinski definition) is 4. The zero-order chi connectivity index (χ0) is 19.2. The summed E-state index contributed by atoms with van der Waals surface area (Å²) in [4.78, 5) is 4.65. The zero-order valence-corrected chi connectivity index (χ0v) is 17.2. The first-order valence-electron chi connectivity index (χ1n) is 8.94. The Labute approximate surface area is 175 Å². The van der Waals surface area contributed by atoms with Crippen molar-refractivity contribution in [2.45, 2.75) is 12.6 Å². The molecule has 0 radical (unpaired) electrons. The van der Waals surface area contributed by atoms with Gasteiger partial charge in [0.2, 0.25) is 0 Å². The minimum Gasteiger partial charge on any atom is -0.491 e. The van der Waals surface area contributed by atoms with Crippen LogP contribution in [0.15, 0.2) is 42.5 Å². The van der Waals surface area contributed by atoms with Gasteiger partial charge in [-0.15, -0.1) is 0 Å². The molecule has 0 unspecified atom stereocenters. The molecule has 3 rings (SSSR count). The van der Waals surface area contributed by atoms with Crippen LogP contribution in [0.3, 0.4) is 0 Å². The van der Waals surface area contributed by atoms with Gasteiger partial charge in [-0.3, -0.25) is 9.80 Å². The van der Waals surface area contributed by atoms with Crippen molar-refractivity contribution in [1.82, 2.24) is 9.80 Å². The Morgan fingerprint density at radius 1 is 0.889 bits per heavy atom. The van der Waals surface area contributed by atoms with Crippen LogP contribution in [0.5, 0.6) is 5.75 Å². The van der Waals surface area contributed by atoms with Gasteiger partial charge in [-0.1, -0.05) is 40.9 Å². The third kappa shape index (κ3) is 6.53. The van der Waals surface area contributed by atoms with Crippen molar-refractivity contribution in [3.8, 4) is 5.75 Å². The van der Waals surface area contributed by atoms with Crippen molar-refractivity contribution >= 4 is 34.8 Å². The lowest BCUT2D eigenvalue weighted by Gasteiger charge is -2.35.